The third-order valence-electron chi connectivity index (χ3n) is 7.56. The summed E-state index contributed by atoms with van der Waals surface area (Å²) < 4.78 is 0. The average Bonchev–Trinajstić information content (AvgIpc) is 3.09. The normalized spacial score (nSPS) is 28.2. The molecule has 0 saturated carbocycles. The van der Waals surface area contributed by atoms with Gasteiger partial charge in [-0.3, -0.25) is 24.6 Å². The molecule has 0 spiro atoms. The summed E-state index contributed by atoms with van der Waals surface area (Å²) in [5, 5.41) is 12.9. The first-order valence-electron chi connectivity index (χ1n) is 10.7. The standard InChI is InChI=1S/C26H20N2O4/c1-15(16-9-3-2-4-10-16)27-24(29)22-21-17-11-5-7-13-19(17)26(28(31)32,23(22)25(27)30)20-14-8-6-12-18(20)21/h2-15,21-23H,1H3. The zero-order valence-corrected chi connectivity index (χ0v) is 17.3. The van der Waals surface area contributed by atoms with Gasteiger partial charge in [0.1, 0.15) is 5.92 Å². The molecule has 6 nitrogen and oxygen atoms in total. The summed E-state index contributed by atoms with van der Waals surface area (Å²) in [6.07, 6.45) is 0. The van der Waals surface area contributed by atoms with Crippen molar-refractivity contribution in [1.82, 2.24) is 4.90 Å². The molecule has 1 fully saturated rings. The topological polar surface area (TPSA) is 80.5 Å². The molecular formula is C26H20N2O4. The van der Waals surface area contributed by atoms with Gasteiger partial charge in [0.05, 0.1) is 12.0 Å². The molecule has 1 heterocycles. The fraction of sp³-hybridized carbons (Fsp3) is 0.231. The Bertz CT molecular complexity index is 1250. The van der Waals surface area contributed by atoms with E-state index in [2.05, 4.69) is 0 Å². The third-order valence-corrected chi connectivity index (χ3v) is 7.56. The van der Waals surface area contributed by atoms with Crippen LogP contribution in [0.25, 0.3) is 0 Å². The Labute approximate surface area is 184 Å². The fourth-order valence-electron chi connectivity index (χ4n) is 6.33. The van der Waals surface area contributed by atoms with Crippen LogP contribution in [-0.2, 0) is 15.1 Å². The first-order valence-corrected chi connectivity index (χ1v) is 10.7. The van der Waals surface area contributed by atoms with Gasteiger partial charge in [0.2, 0.25) is 11.8 Å². The van der Waals surface area contributed by atoms with E-state index in [0.717, 1.165) is 16.7 Å². The molecule has 0 aromatic heterocycles. The van der Waals surface area contributed by atoms with Crippen LogP contribution in [0.1, 0.15) is 46.7 Å². The lowest BCUT2D eigenvalue weighted by Gasteiger charge is -2.48. The molecule has 2 amide bonds. The first kappa shape index (κ1) is 18.9. The van der Waals surface area contributed by atoms with Crippen molar-refractivity contribution in [3.63, 3.8) is 0 Å². The Morgan fingerprint density at radius 2 is 1.38 bits per heavy atom. The largest absolute Gasteiger partial charge is 0.284 e. The van der Waals surface area contributed by atoms with E-state index < -0.39 is 29.3 Å². The summed E-state index contributed by atoms with van der Waals surface area (Å²) in [6.45, 7) is 1.81. The van der Waals surface area contributed by atoms with Crippen molar-refractivity contribution >= 4 is 11.8 Å². The molecule has 1 saturated heterocycles. The lowest BCUT2D eigenvalue weighted by Crippen LogP contribution is -2.57. The molecule has 0 radical (unpaired) electrons. The minimum absolute atomic E-state index is 0.323. The smallest absolute Gasteiger partial charge is 0.274 e. The monoisotopic (exact) mass is 424 g/mol. The maximum atomic E-state index is 13.9. The number of nitrogens with zero attached hydrogens (tertiary/aromatic N) is 2. The Hall–Kier alpha value is -3.80. The van der Waals surface area contributed by atoms with Crippen LogP contribution in [0.15, 0.2) is 78.9 Å². The summed E-state index contributed by atoms with van der Waals surface area (Å²) >= 11 is 0. The van der Waals surface area contributed by atoms with Crippen LogP contribution < -0.4 is 0 Å². The fourth-order valence-corrected chi connectivity index (χ4v) is 6.33. The number of nitro groups is 1. The molecule has 3 aliphatic carbocycles. The van der Waals surface area contributed by atoms with Crippen LogP contribution in [-0.4, -0.2) is 21.6 Å². The predicted octanol–water partition coefficient (Wildman–Crippen LogP) is 4.03. The highest BCUT2D eigenvalue weighted by atomic mass is 16.6. The highest BCUT2D eigenvalue weighted by Gasteiger charge is 2.75. The Kier molecular flexibility index (Phi) is 3.76. The second-order valence-corrected chi connectivity index (χ2v) is 8.81. The molecule has 1 aliphatic heterocycles. The number of rotatable bonds is 3. The molecule has 6 heteroatoms. The summed E-state index contributed by atoms with van der Waals surface area (Å²) in [7, 11) is 0. The van der Waals surface area contributed by atoms with E-state index in [1.165, 1.54) is 4.90 Å². The Balaban J connectivity index is 1.62. The zero-order chi connectivity index (χ0) is 22.2. The van der Waals surface area contributed by atoms with Crippen molar-refractivity contribution in [1.29, 1.82) is 0 Å². The molecule has 158 valence electrons. The third kappa shape index (κ3) is 2.04. The van der Waals surface area contributed by atoms with Gasteiger partial charge in [-0.1, -0.05) is 78.9 Å². The number of likely N-dealkylation sites (tertiary alicyclic amines) is 1. The van der Waals surface area contributed by atoms with Gasteiger partial charge in [-0.2, -0.15) is 0 Å². The van der Waals surface area contributed by atoms with Crippen LogP contribution in [0.4, 0.5) is 0 Å². The maximum Gasteiger partial charge on any atom is 0.284 e. The molecule has 3 unspecified atom stereocenters. The molecule has 0 N–H and O–H groups in total. The van der Waals surface area contributed by atoms with Crippen LogP contribution in [0, 0.1) is 22.0 Å². The van der Waals surface area contributed by atoms with E-state index in [1.807, 2.05) is 61.5 Å². The predicted molar refractivity (Wildman–Crippen MR) is 116 cm³/mol. The van der Waals surface area contributed by atoms with Gasteiger partial charge in [-0.15, -0.1) is 0 Å². The van der Waals surface area contributed by atoms with Crippen molar-refractivity contribution < 1.29 is 14.5 Å². The van der Waals surface area contributed by atoms with E-state index in [0.29, 0.717) is 11.1 Å². The van der Waals surface area contributed by atoms with Crippen LogP contribution in [0.3, 0.4) is 0 Å². The minimum Gasteiger partial charge on any atom is -0.274 e. The van der Waals surface area contributed by atoms with Crippen LogP contribution in [0.5, 0.6) is 0 Å². The molecule has 4 aliphatic rings. The van der Waals surface area contributed by atoms with Gasteiger partial charge in [0, 0.05) is 22.0 Å². The number of carbonyl (C=O) groups excluding carboxylic acids is 2. The van der Waals surface area contributed by atoms with Gasteiger partial charge in [0.15, 0.2) is 0 Å². The Morgan fingerprint density at radius 3 is 1.94 bits per heavy atom. The van der Waals surface area contributed by atoms with Gasteiger partial charge >= 0.3 is 0 Å². The van der Waals surface area contributed by atoms with E-state index in [1.54, 1.807) is 24.3 Å². The number of imide groups is 1. The molecule has 3 aromatic rings. The van der Waals surface area contributed by atoms with Crippen molar-refractivity contribution in [2.75, 3.05) is 0 Å². The van der Waals surface area contributed by atoms with Gasteiger partial charge in [0.25, 0.3) is 5.54 Å². The van der Waals surface area contributed by atoms with Crippen molar-refractivity contribution in [3.05, 3.63) is 117 Å². The summed E-state index contributed by atoms with van der Waals surface area (Å²) in [5.74, 6) is -3.01. The minimum atomic E-state index is -1.77. The molecule has 3 atom stereocenters. The lowest BCUT2D eigenvalue weighted by atomic mass is 9.51. The number of carbonyl (C=O) groups is 2. The molecular weight excluding hydrogens is 404 g/mol. The summed E-state index contributed by atoms with van der Waals surface area (Å²) in [5.41, 5.74) is 1.67. The molecule has 3 aromatic carbocycles. The second kappa shape index (κ2) is 6.36. The zero-order valence-electron chi connectivity index (χ0n) is 17.3. The van der Waals surface area contributed by atoms with Crippen molar-refractivity contribution in [3.8, 4) is 0 Å². The number of hydrogen-bond acceptors (Lipinski definition) is 4. The average molecular weight is 424 g/mol. The van der Waals surface area contributed by atoms with Gasteiger partial charge in [-0.25, -0.2) is 0 Å². The van der Waals surface area contributed by atoms with Gasteiger partial charge in [-0.05, 0) is 23.6 Å². The quantitative estimate of drug-likeness (QED) is 0.361. The van der Waals surface area contributed by atoms with Crippen LogP contribution in [0.2, 0.25) is 0 Å². The molecule has 2 bridgehead atoms. The number of hydrogen-bond donors (Lipinski definition) is 0. The van der Waals surface area contributed by atoms with Crippen molar-refractivity contribution in [2.45, 2.75) is 24.4 Å². The number of amides is 2. The van der Waals surface area contributed by atoms with Crippen LogP contribution >= 0.6 is 0 Å². The van der Waals surface area contributed by atoms with E-state index >= 15 is 0 Å². The van der Waals surface area contributed by atoms with E-state index in [9.17, 15) is 19.7 Å². The molecule has 7 rings (SSSR count). The molecule has 32 heavy (non-hydrogen) atoms. The van der Waals surface area contributed by atoms with Crippen molar-refractivity contribution in [2.24, 2.45) is 11.8 Å². The highest BCUT2D eigenvalue weighted by molar-refractivity contribution is 6.08. The maximum absolute atomic E-state index is 13.9. The summed E-state index contributed by atoms with van der Waals surface area (Å²) in [4.78, 5) is 41.6. The van der Waals surface area contributed by atoms with E-state index in [-0.39, 0.29) is 16.7 Å². The van der Waals surface area contributed by atoms with E-state index in [4.69, 9.17) is 0 Å². The first-order chi connectivity index (χ1) is 15.5. The number of benzene rings is 3. The highest BCUT2D eigenvalue weighted by Crippen LogP contribution is 2.64. The Morgan fingerprint density at radius 1 is 0.844 bits per heavy atom. The lowest BCUT2D eigenvalue weighted by molar-refractivity contribution is -0.578. The summed E-state index contributed by atoms with van der Waals surface area (Å²) in [6, 6.07) is 23.3. The second-order valence-electron chi connectivity index (χ2n) is 8.81. The SMILES string of the molecule is CC(c1ccccc1)N1C(=O)C2C3c4ccccc4C([N+](=O)[O-])(c4ccccc43)C2C1=O. The van der Waals surface area contributed by atoms with Gasteiger partial charge < -0.3 is 0 Å².